The van der Waals surface area contributed by atoms with E-state index < -0.39 is 11.9 Å². The highest BCUT2D eigenvalue weighted by Gasteiger charge is 2.29. The van der Waals surface area contributed by atoms with E-state index in [1.165, 1.54) is 6.07 Å². The lowest BCUT2D eigenvalue weighted by Gasteiger charge is -2.38. The van der Waals surface area contributed by atoms with Gasteiger partial charge in [-0.25, -0.2) is 0 Å². The van der Waals surface area contributed by atoms with Crippen molar-refractivity contribution in [2.45, 2.75) is 45.2 Å². The van der Waals surface area contributed by atoms with Crippen LogP contribution in [-0.2, 0) is 14.3 Å². The maximum atomic E-state index is 12.2. The summed E-state index contributed by atoms with van der Waals surface area (Å²) in [7, 11) is 0. The summed E-state index contributed by atoms with van der Waals surface area (Å²) >= 11 is 3.09. The van der Waals surface area contributed by atoms with Crippen molar-refractivity contribution < 1.29 is 23.5 Å². The summed E-state index contributed by atoms with van der Waals surface area (Å²) < 4.78 is 10.5. The fraction of sp³-hybridized carbons (Fsp3) is 0.562. The fourth-order valence-corrected chi connectivity index (χ4v) is 3.16. The molecule has 0 bridgehead atoms. The van der Waals surface area contributed by atoms with Gasteiger partial charge >= 0.3 is 5.97 Å². The van der Waals surface area contributed by atoms with Crippen LogP contribution in [0.15, 0.2) is 21.2 Å². The molecule has 1 aromatic rings. The first-order valence-electron chi connectivity index (χ1n) is 7.88. The van der Waals surface area contributed by atoms with Crippen molar-refractivity contribution in [1.82, 2.24) is 10.2 Å². The van der Waals surface area contributed by atoms with Gasteiger partial charge in [-0.1, -0.05) is 0 Å². The van der Waals surface area contributed by atoms with E-state index in [9.17, 15) is 14.4 Å². The third-order valence-electron chi connectivity index (χ3n) is 4.03. The molecule has 1 saturated heterocycles. The molecule has 0 unspecified atom stereocenters. The average molecular weight is 401 g/mol. The Morgan fingerprint density at radius 2 is 1.96 bits per heavy atom. The molecule has 1 N–H and O–H groups in total. The van der Waals surface area contributed by atoms with Gasteiger partial charge in [0.25, 0.3) is 11.8 Å². The number of carbonyl (C=O) groups is 3. The number of nitrogens with one attached hydrogen (secondary N) is 1. The topological polar surface area (TPSA) is 88.9 Å². The first-order chi connectivity index (χ1) is 11.4. The molecule has 24 heavy (non-hydrogen) atoms. The lowest BCUT2D eigenvalue weighted by atomic mass is 9.97. The molecular formula is C16H21BrN2O5. The molecular weight excluding hydrogens is 380 g/mol. The maximum absolute atomic E-state index is 12.2. The van der Waals surface area contributed by atoms with Crippen molar-refractivity contribution >= 4 is 33.7 Å². The van der Waals surface area contributed by atoms with Crippen LogP contribution in [-0.4, -0.2) is 47.9 Å². The number of hydrogen-bond acceptors (Lipinski definition) is 5. The van der Waals surface area contributed by atoms with Gasteiger partial charge in [0.2, 0.25) is 0 Å². The van der Waals surface area contributed by atoms with Crippen LogP contribution in [0, 0.1) is 0 Å². The molecule has 8 heteroatoms. The number of esters is 1. The van der Waals surface area contributed by atoms with Crippen LogP contribution in [0.3, 0.4) is 0 Å². The van der Waals surface area contributed by atoms with Gasteiger partial charge in [-0.2, -0.15) is 0 Å². The standard InChI is InChI=1S/C16H21BrN2O5/c1-10-4-3-5-11(2)19(10)14(20)9-23-15(21)8-18-16(22)12-6-7-13(17)24-12/h6-7,10-11H,3-5,8-9H2,1-2H3,(H,18,22)/t10-,11-/m1/s1. The lowest BCUT2D eigenvalue weighted by Crippen LogP contribution is -2.49. The van der Waals surface area contributed by atoms with E-state index in [0.29, 0.717) is 4.67 Å². The monoisotopic (exact) mass is 400 g/mol. The zero-order valence-electron chi connectivity index (χ0n) is 13.7. The van der Waals surface area contributed by atoms with Crippen molar-refractivity contribution in [3.05, 3.63) is 22.6 Å². The Morgan fingerprint density at radius 3 is 2.54 bits per heavy atom. The lowest BCUT2D eigenvalue weighted by molar-refractivity contribution is -0.154. The Kier molecular flexibility index (Phi) is 6.42. The molecule has 2 heterocycles. The predicted octanol–water partition coefficient (Wildman–Crippen LogP) is 2.10. The zero-order valence-corrected chi connectivity index (χ0v) is 15.3. The van der Waals surface area contributed by atoms with E-state index in [2.05, 4.69) is 21.2 Å². The summed E-state index contributed by atoms with van der Waals surface area (Å²) in [6.45, 7) is 3.36. The van der Waals surface area contributed by atoms with Crippen molar-refractivity contribution in [3.8, 4) is 0 Å². The molecule has 0 radical (unpaired) electrons. The van der Waals surface area contributed by atoms with Crippen molar-refractivity contribution in [2.75, 3.05) is 13.2 Å². The SMILES string of the molecule is C[C@@H]1CCC[C@@H](C)N1C(=O)COC(=O)CNC(=O)c1ccc(Br)o1. The minimum Gasteiger partial charge on any atom is -0.454 e. The van der Waals surface area contributed by atoms with Gasteiger partial charge in [0.15, 0.2) is 17.0 Å². The number of likely N-dealkylation sites (tertiary alicyclic amines) is 1. The summed E-state index contributed by atoms with van der Waals surface area (Å²) in [4.78, 5) is 37.4. The maximum Gasteiger partial charge on any atom is 0.325 e. The number of rotatable bonds is 5. The van der Waals surface area contributed by atoms with Gasteiger partial charge in [-0.3, -0.25) is 14.4 Å². The Hall–Kier alpha value is -1.83. The number of furan rings is 1. The first kappa shape index (κ1) is 18.5. The van der Waals surface area contributed by atoms with Crippen LogP contribution in [0.25, 0.3) is 0 Å². The Bertz CT molecular complexity index is 605. The fourth-order valence-electron chi connectivity index (χ4n) is 2.86. The minimum absolute atomic E-state index is 0.0849. The molecule has 2 rings (SSSR count). The molecule has 0 aliphatic carbocycles. The van der Waals surface area contributed by atoms with Crippen LogP contribution in [0.1, 0.15) is 43.7 Å². The second-order valence-corrected chi connectivity index (χ2v) is 6.66. The summed E-state index contributed by atoms with van der Waals surface area (Å²) in [6.07, 6.45) is 3.01. The Labute approximate surface area is 148 Å². The average Bonchev–Trinajstić information content (AvgIpc) is 2.97. The number of hydrogen-bond donors (Lipinski definition) is 1. The van der Waals surface area contributed by atoms with Crippen LogP contribution < -0.4 is 5.32 Å². The van der Waals surface area contributed by atoms with E-state index >= 15 is 0 Å². The number of ether oxygens (including phenoxy) is 1. The van der Waals surface area contributed by atoms with Crippen molar-refractivity contribution in [1.29, 1.82) is 0 Å². The smallest absolute Gasteiger partial charge is 0.325 e. The molecule has 0 aromatic carbocycles. The largest absolute Gasteiger partial charge is 0.454 e. The van der Waals surface area contributed by atoms with Gasteiger partial charge < -0.3 is 19.4 Å². The normalized spacial score (nSPS) is 20.5. The number of amides is 2. The predicted molar refractivity (Wildman–Crippen MR) is 89.3 cm³/mol. The Morgan fingerprint density at radius 1 is 1.29 bits per heavy atom. The van der Waals surface area contributed by atoms with Gasteiger partial charge in [-0.15, -0.1) is 0 Å². The van der Waals surface area contributed by atoms with Crippen LogP contribution in [0.5, 0.6) is 0 Å². The highest BCUT2D eigenvalue weighted by Crippen LogP contribution is 2.22. The van der Waals surface area contributed by atoms with E-state index in [-0.39, 0.29) is 36.9 Å². The van der Waals surface area contributed by atoms with Crippen LogP contribution >= 0.6 is 15.9 Å². The third kappa shape index (κ3) is 4.83. The number of piperidine rings is 1. The molecule has 2 atom stereocenters. The molecule has 2 amide bonds. The van der Waals surface area contributed by atoms with E-state index in [4.69, 9.17) is 9.15 Å². The second kappa shape index (κ2) is 8.32. The highest BCUT2D eigenvalue weighted by atomic mass is 79.9. The van der Waals surface area contributed by atoms with Crippen molar-refractivity contribution in [2.24, 2.45) is 0 Å². The number of halogens is 1. The first-order valence-corrected chi connectivity index (χ1v) is 8.68. The Balaban J connectivity index is 1.74. The van der Waals surface area contributed by atoms with Crippen LogP contribution in [0.2, 0.25) is 0 Å². The summed E-state index contributed by atoms with van der Waals surface area (Å²) in [5, 5.41) is 2.38. The zero-order chi connectivity index (χ0) is 17.7. The van der Waals surface area contributed by atoms with Gasteiger partial charge in [0.1, 0.15) is 6.54 Å². The van der Waals surface area contributed by atoms with Gasteiger partial charge in [0.05, 0.1) is 0 Å². The summed E-state index contributed by atoms with van der Waals surface area (Å²) in [5.74, 6) is -1.31. The summed E-state index contributed by atoms with van der Waals surface area (Å²) in [5.41, 5.74) is 0. The highest BCUT2D eigenvalue weighted by molar-refractivity contribution is 9.10. The quantitative estimate of drug-likeness (QED) is 0.764. The second-order valence-electron chi connectivity index (χ2n) is 5.88. The van der Waals surface area contributed by atoms with Crippen LogP contribution in [0.4, 0.5) is 0 Å². The molecule has 1 aliphatic rings. The molecule has 0 spiro atoms. The molecule has 0 saturated carbocycles. The van der Waals surface area contributed by atoms with Gasteiger partial charge in [0, 0.05) is 12.1 Å². The van der Waals surface area contributed by atoms with E-state index in [0.717, 1.165) is 19.3 Å². The third-order valence-corrected chi connectivity index (χ3v) is 4.45. The number of carbonyl (C=O) groups excluding carboxylic acids is 3. The van der Waals surface area contributed by atoms with Gasteiger partial charge in [-0.05, 0) is 61.2 Å². The molecule has 1 fully saturated rings. The molecule has 132 valence electrons. The molecule has 7 nitrogen and oxygen atoms in total. The van der Waals surface area contributed by atoms with E-state index in [1.807, 2.05) is 13.8 Å². The molecule has 1 aromatic heterocycles. The van der Waals surface area contributed by atoms with E-state index in [1.54, 1.807) is 11.0 Å². The number of nitrogens with zero attached hydrogens (tertiary/aromatic N) is 1. The molecule has 1 aliphatic heterocycles. The summed E-state index contributed by atoms with van der Waals surface area (Å²) in [6, 6.07) is 3.36. The van der Waals surface area contributed by atoms with Crippen molar-refractivity contribution in [3.63, 3.8) is 0 Å². The minimum atomic E-state index is -0.667.